The zero-order valence-corrected chi connectivity index (χ0v) is 13.9. The number of pyridine rings is 1. The molecule has 1 aliphatic rings. The van der Waals surface area contributed by atoms with Crippen LogP contribution in [-0.2, 0) is 6.54 Å². The molecule has 2 heterocycles. The number of nitrogens with one attached hydrogen (secondary N) is 1. The van der Waals surface area contributed by atoms with E-state index in [2.05, 4.69) is 55.9 Å². The maximum Gasteiger partial charge on any atom is 0.133 e. The van der Waals surface area contributed by atoms with Crippen molar-refractivity contribution in [2.75, 3.05) is 36.0 Å². The van der Waals surface area contributed by atoms with Crippen molar-refractivity contribution in [2.45, 2.75) is 26.3 Å². The lowest BCUT2D eigenvalue weighted by Gasteiger charge is -2.24. The van der Waals surface area contributed by atoms with Gasteiger partial charge in [-0.15, -0.1) is 0 Å². The Kier molecular flexibility index (Phi) is 6.47. The molecule has 0 atom stereocenters. The second-order valence-electron chi connectivity index (χ2n) is 4.77. The standard InChI is InChI=1S/C14H22BrN3S/c1-2-4-16-10-12-9-13(15)11-17-14(12)18-5-3-7-19-8-6-18/h9,11,16H,2-8,10H2,1H3. The zero-order valence-electron chi connectivity index (χ0n) is 11.5. The Labute approximate surface area is 128 Å². The molecule has 3 nitrogen and oxygen atoms in total. The van der Waals surface area contributed by atoms with Gasteiger partial charge in [-0.3, -0.25) is 0 Å². The van der Waals surface area contributed by atoms with Crippen LogP contribution in [0.2, 0.25) is 0 Å². The predicted molar refractivity (Wildman–Crippen MR) is 88.1 cm³/mol. The second-order valence-corrected chi connectivity index (χ2v) is 6.91. The Morgan fingerprint density at radius 3 is 3.16 bits per heavy atom. The summed E-state index contributed by atoms with van der Waals surface area (Å²) in [6, 6.07) is 2.20. The molecule has 5 heteroatoms. The Morgan fingerprint density at radius 2 is 2.32 bits per heavy atom. The molecule has 0 aromatic carbocycles. The van der Waals surface area contributed by atoms with Crippen LogP contribution >= 0.6 is 27.7 Å². The molecule has 1 saturated heterocycles. The summed E-state index contributed by atoms with van der Waals surface area (Å²) in [6.07, 6.45) is 4.33. The van der Waals surface area contributed by atoms with E-state index in [9.17, 15) is 0 Å². The Hall–Kier alpha value is -0.260. The highest BCUT2D eigenvalue weighted by Crippen LogP contribution is 2.24. The molecule has 2 rings (SSSR count). The third kappa shape index (κ3) is 4.65. The molecule has 0 radical (unpaired) electrons. The number of hydrogen-bond acceptors (Lipinski definition) is 4. The molecule has 0 amide bonds. The molecular weight excluding hydrogens is 322 g/mol. The van der Waals surface area contributed by atoms with Crippen molar-refractivity contribution in [3.8, 4) is 0 Å². The molecule has 0 saturated carbocycles. The van der Waals surface area contributed by atoms with E-state index in [1.807, 2.05) is 6.20 Å². The summed E-state index contributed by atoms with van der Waals surface area (Å²) < 4.78 is 1.06. The molecule has 1 aliphatic heterocycles. The van der Waals surface area contributed by atoms with Gasteiger partial charge in [0, 0.05) is 41.6 Å². The number of thioether (sulfide) groups is 1. The Balaban J connectivity index is 2.12. The second kappa shape index (κ2) is 8.12. The van der Waals surface area contributed by atoms with Crippen LogP contribution in [0.3, 0.4) is 0 Å². The summed E-state index contributed by atoms with van der Waals surface area (Å²) in [5.74, 6) is 3.64. The molecule has 1 aromatic rings. The molecule has 0 unspecified atom stereocenters. The Morgan fingerprint density at radius 1 is 1.42 bits per heavy atom. The van der Waals surface area contributed by atoms with Crippen LogP contribution in [0.25, 0.3) is 0 Å². The van der Waals surface area contributed by atoms with Gasteiger partial charge in [0.15, 0.2) is 0 Å². The van der Waals surface area contributed by atoms with Gasteiger partial charge in [0.1, 0.15) is 5.82 Å². The lowest BCUT2D eigenvalue weighted by molar-refractivity contribution is 0.669. The highest BCUT2D eigenvalue weighted by Gasteiger charge is 2.15. The van der Waals surface area contributed by atoms with E-state index >= 15 is 0 Å². The van der Waals surface area contributed by atoms with Gasteiger partial charge in [-0.1, -0.05) is 6.92 Å². The first kappa shape index (κ1) is 15.1. The fraction of sp³-hybridized carbons (Fsp3) is 0.643. The van der Waals surface area contributed by atoms with Crippen LogP contribution in [0.1, 0.15) is 25.3 Å². The third-order valence-corrected chi connectivity index (χ3v) is 4.66. The van der Waals surface area contributed by atoms with E-state index in [1.165, 1.54) is 23.5 Å². The molecule has 0 aliphatic carbocycles. The van der Waals surface area contributed by atoms with Crippen LogP contribution in [-0.4, -0.2) is 36.1 Å². The van der Waals surface area contributed by atoms with Crippen LogP contribution in [0.15, 0.2) is 16.7 Å². The van der Waals surface area contributed by atoms with Gasteiger partial charge in [-0.25, -0.2) is 4.98 Å². The van der Waals surface area contributed by atoms with Gasteiger partial charge in [-0.2, -0.15) is 11.8 Å². The topological polar surface area (TPSA) is 28.2 Å². The number of aromatic nitrogens is 1. The van der Waals surface area contributed by atoms with Crippen molar-refractivity contribution in [1.29, 1.82) is 0 Å². The average molecular weight is 344 g/mol. The predicted octanol–water partition coefficient (Wildman–Crippen LogP) is 3.29. The normalized spacial score (nSPS) is 16.4. The largest absolute Gasteiger partial charge is 0.355 e. The van der Waals surface area contributed by atoms with Crippen molar-refractivity contribution in [2.24, 2.45) is 0 Å². The molecule has 1 fully saturated rings. The average Bonchev–Trinajstić information content (AvgIpc) is 2.68. The lowest BCUT2D eigenvalue weighted by Crippen LogP contribution is -2.28. The quantitative estimate of drug-likeness (QED) is 0.830. The van der Waals surface area contributed by atoms with E-state index in [-0.39, 0.29) is 0 Å². The molecular formula is C14H22BrN3S. The van der Waals surface area contributed by atoms with Gasteiger partial charge in [0.2, 0.25) is 0 Å². The minimum atomic E-state index is 0.902. The van der Waals surface area contributed by atoms with E-state index in [0.717, 1.165) is 42.9 Å². The first-order valence-corrected chi connectivity index (χ1v) is 8.94. The minimum Gasteiger partial charge on any atom is -0.355 e. The van der Waals surface area contributed by atoms with Gasteiger partial charge >= 0.3 is 0 Å². The zero-order chi connectivity index (χ0) is 13.5. The summed E-state index contributed by atoms with van der Waals surface area (Å²) >= 11 is 5.58. The van der Waals surface area contributed by atoms with Gasteiger partial charge < -0.3 is 10.2 Å². The monoisotopic (exact) mass is 343 g/mol. The van der Waals surface area contributed by atoms with E-state index in [1.54, 1.807) is 0 Å². The minimum absolute atomic E-state index is 0.902. The molecule has 0 bridgehead atoms. The van der Waals surface area contributed by atoms with Crippen LogP contribution in [0.4, 0.5) is 5.82 Å². The summed E-state index contributed by atoms with van der Waals surface area (Å²) in [5.41, 5.74) is 1.30. The van der Waals surface area contributed by atoms with Crippen LogP contribution in [0, 0.1) is 0 Å². The van der Waals surface area contributed by atoms with Gasteiger partial charge in [-0.05, 0) is 47.1 Å². The van der Waals surface area contributed by atoms with Gasteiger partial charge in [0.05, 0.1) is 0 Å². The van der Waals surface area contributed by atoms with Gasteiger partial charge in [0.25, 0.3) is 0 Å². The number of halogens is 1. The van der Waals surface area contributed by atoms with Crippen molar-refractivity contribution in [3.05, 3.63) is 22.3 Å². The number of nitrogens with zero attached hydrogens (tertiary/aromatic N) is 2. The number of anilines is 1. The van der Waals surface area contributed by atoms with Crippen molar-refractivity contribution in [3.63, 3.8) is 0 Å². The summed E-state index contributed by atoms with van der Waals surface area (Å²) in [6.45, 7) is 6.39. The number of hydrogen-bond donors (Lipinski definition) is 1. The summed E-state index contributed by atoms with van der Waals surface area (Å²) in [5, 5.41) is 3.48. The number of rotatable bonds is 5. The molecule has 19 heavy (non-hydrogen) atoms. The highest BCUT2D eigenvalue weighted by molar-refractivity contribution is 9.10. The summed E-state index contributed by atoms with van der Waals surface area (Å²) in [4.78, 5) is 7.09. The SMILES string of the molecule is CCCNCc1cc(Br)cnc1N1CCCSCC1. The third-order valence-electron chi connectivity index (χ3n) is 3.17. The molecule has 0 spiro atoms. The Bertz CT molecular complexity index is 392. The maximum absolute atomic E-state index is 4.65. The molecule has 106 valence electrons. The summed E-state index contributed by atoms with van der Waals surface area (Å²) in [7, 11) is 0. The first-order valence-electron chi connectivity index (χ1n) is 6.99. The van der Waals surface area contributed by atoms with E-state index in [4.69, 9.17) is 0 Å². The van der Waals surface area contributed by atoms with E-state index < -0.39 is 0 Å². The van der Waals surface area contributed by atoms with E-state index in [0.29, 0.717) is 0 Å². The molecule has 1 aromatic heterocycles. The van der Waals surface area contributed by atoms with Crippen molar-refractivity contribution < 1.29 is 0 Å². The first-order chi connectivity index (χ1) is 9.31. The van der Waals surface area contributed by atoms with Crippen molar-refractivity contribution in [1.82, 2.24) is 10.3 Å². The maximum atomic E-state index is 4.65. The smallest absolute Gasteiger partial charge is 0.133 e. The molecule has 1 N–H and O–H groups in total. The fourth-order valence-corrected chi connectivity index (χ4v) is 3.51. The fourth-order valence-electron chi connectivity index (χ4n) is 2.25. The van der Waals surface area contributed by atoms with Crippen LogP contribution < -0.4 is 10.2 Å². The van der Waals surface area contributed by atoms with Crippen LogP contribution in [0.5, 0.6) is 0 Å². The van der Waals surface area contributed by atoms with Crippen molar-refractivity contribution >= 4 is 33.5 Å². The lowest BCUT2D eigenvalue weighted by atomic mass is 10.2. The highest BCUT2D eigenvalue weighted by atomic mass is 79.9.